The van der Waals surface area contributed by atoms with E-state index in [1.54, 1.807) is 0 Å². The molecule has 1 aromatic heterocycles. The Kier molecular flexibility index (Phi) is 3.28. The zero-order valence-corrected chi connectivity index (χ0v) is 15.3. The number of rotatable bonds is 1. The minimum Gasteiger partial charge on any atom is -0.465 e. The van der Waals surface area contributed by atoms with E-state index < -0.39 is 22.9 Å². The highest BCUT2D eigenvalue weighted by molar-refractivity contribution is 6.01. The number of ketones is 2. The molecule has 1 fully saturated rings. The van der Waals surface area contributed by atoms with Gasteiger partial charge in [0.05, 0.1) is 5.56 Å². The number of fused-ring (bicyclic) bond motifs is 2. The third-order valence-electron chi connectivity index (χ3n) is 7.37. The van der Waals surface area contributed by atoms with Gasteiger partial charge >= 0.3 is 0 Å². The van der Waals surface area contributed by atoms with E-state index in [1.165, 1.54) is 6.26 Å². The molecular weight excluding hydrogens is 320 g/mol. The third kappa shape index (κ3) is 1.76. The summed E-state index contributed by atoms with van der Waals surface area (Å²) in [5.41, 5.74) is -1.81. The van der Waals surface area contributed by atoms with E-state index in [1.807, 2.05) is 20.8 Å². The number of carbonyl (C=O) groups excluding carboxylic acids is 2. The molecule has 0 saturated heterocycles. The van der Waals surface area contributed by atoms with Gasteiger partial charge in [0, 0.05) is 23.3 Å². The van der Waals surface area contributed by atoms with Gasteiger partial charge in [0.1, 0.15) is 18.1 Å². The van der Waals surface area contributed by atoms with Crippen LogP contribution in [0.2, 0.25) is 0 Å². The molecule has 0 aliphatic heterocycles. The monoisotopic (exact) mass is 346 g/mol. The summed E-state index contributed by atoms with van der Waals surface area (Å²) in [6.07, 6.45) is 2.68. The normalized spacial score (nSPS) is 43.2. The lowest BCUT2D eigenvalue weighted by Gasteiger charge is -2.41. The Balaban J connectivity index is 2.03. The molecule has 2 N–H and O–H groups in total. The van der Waals surface area contributed by atoms with Crippen LogP contribution in [0.3, 0.4) is 0 Å². The summed E-state index contributed by atoms with van der Waals surface area (Å²) >= 11 is 0. The lowest BCUT2D eigenvalue weighted by atomic mass is 9.64. The van der Waals surface area contributed by atoms with Crippen LogP contribution in [-0.2, 0) is 15.8 Å². The van der Waals surface area contributed by atoms with Crippen molar-refractivity contribution in [1.29, 1.82) is 0 Å². The standard InChI is InChI=1S/C20H26O5/c1-10(2)13-15(22)16(23)20(24)17-14-11(9-25-17)12(21)5-6-18(14,3)7-8-19(13,20)4/h9-10,13,15,22,24H,5-8H2,1-4H3/t13-,15+,18+,19-,20-/m1/s1. The van der Waals surface area contributed by atoms with E-state index in [9.17, 15) is 19.8 Å². The van der Waals surface area contributed by atoms with Crippen LogP contribution in [0, 0.1) is 17.3 Å². The van der Waals surface area contributed by atoms with Gasteiger partial charge in [0.15, 0.2) is 11.4 Å². The van der Waals surface area contributed by atoms with E-state index in [2.05, 4.69) is 6.92 Å². The van der Waals surface area contributed by atoms with Gasteiger partial charge in [-0.1, -0.05) is 27.7 Å². The predicted molar refractivity (Wildman–Crippen MR) is 90.2 cm³/mol. The number of carbonyl (C=O) groups is 2. The smallest absolute Gasteiger partial charge is 0.201 e. The van der Waals surface area contributed by atoms with Crippen molar-refractivity contribution in [3.8, 4) is 0 Å². The molecule has 0 aromatic carbocycles. The van der Waals surface area contributed by atoms with E-state index >= 15 is 0 Å². The molecular formula is C20H26O5. The zero-order valence-electron chi connectivity index (χ0n) is 15.3. The predicted octanol–water partition coefficient (Wildman–Crippen LogP) is 2.72. The van der Waals surface area contributed by atoms with Crippen molar-refractivity contribution in [2.45, 2.75) is 70.5 Å². The Bertz CT molecular complexity index is 777. The maximum atomic E-state index is 13.1. The topological polar surface area (TPSA) is 87.7 Å². The molecule has 0 unspecified atom stereocenters. The van der Waals surface area contributed by atoms with Gasteiger partial charge in [-0.15, -0.1) is 0 Å². The Morgan fingerprint density at radius 2 is 1.88 bits per heavy atom. The highest BCUT2D eigenvalue weighted by Crippen LogP contribution is 2.64. The summed E-state index contributed by atoms with van der Waals surface area (Å²) in [6.45, 7) is 7.93. The lowest BCUT2D eigenvalue weighted by molar-refractivity contribution is -0.152. The lowest BCUT2D eigenvalue weighted by Crippen LogP contribution is -2.46. The van der Waals surface area contributed by atoms with Crippen LogP contribution in [0.15, 0.2) is 10.7 Å². The second kappa shape index (κ2) is 4.83. The second-order valence-electron chi connectivity index (χ2n) is 9.04. The number of Topliss-reactive ketones (excluding diaryl/α,β-unsaturated/α-hetero) is 2. The molecule has 0 amide bonds. The summed E-state index contributed by atoms with van der Waals surface area (Å²) in [7, 11) is 0. The molecule has 3 aliphatic rings. The van der Waals surface area contributed by atoms with Crippen molar-refractivity contribution in [3.05, 3.63) is 23.2 Å². The fraction of sp³-hybridized carbons (Fsp3) is 0.700. The first-order valence-electron chi connectivity index (χ1n) is 9.18. The molecule has 3 aliphatic carbocycles. The van der Waals surface area contributed by atoms with E-state index in [4.69, 9.17) is 4.42 Å². The first-order valence-corrected chi connectivity index (χ1v) is 9.18. The van der Waals surface area contributed by atoms with Crippen molar-refractivity contribution in [2.75, 3.05) is 0 Å². The number of hydrogen-bond acceptors (Lipinski definition) is 5. The quantitative estimate of drug-likeness (QED) is 0.816. The molecule has 1 heterocycles. The minimum absolute atomic E-state index is 0.00100. The van der Waals surface area contributed by atoms with E-state index in [0.717, 1.165) is 6.42 Å². The Morgan fingerprint density at radius 3 is 2.52 bits per heavy atom. The average Bonchev–Trinajstić information content (AvgIpc) is 3.04. The van der Waals surface area contributed by atoms with Crippen LogP contribution < -0.4 is 0 Å². The second-order valence-corrected chi connectivity index (χ2v) is 9.04. The van der Waals surface area contributed by atoms with Gasteiger partial charge in [-0.2, -0.15) is 0 Å². The summed E-state index contributed by atoms with van der Waals surface area (Å²) in [5.74, 6) is -0.711. The van der Waals surface area contributed by atoms with Crippen molar-refractivity contribution < 1.29 is 24.2 Å². The minimum atomic E-state index is -1.88. The highest BCUT2D eigenvalue weighted by atomic mass is 16.4. The Labute approximate surface area is 147 Å². The number of furan rings is 1. The Morgan fingerprint density at radius 1 is 1.20 bits per heavy atom. The summed E-state index contributed by atoms with van der Waals surface area (Å²) < 4.78 is 5.73. The Hall–Kier alpha value is -1.46. The van der Waals surface area contributed by atoms with Crippen molar-refractivity contribution in [1.82, 2.24) is 0 Å². The summed E-state index contributed by atoms with van der Waals surface area (Å²) in [6, 6.07) is 0. The van der Waals surface area contributed by atoms with Gasteiger partial charge < -0.3 is 14.6 Å². The molecule has 25 heavy (non-hydrogen) atoms. The highest BCUT2D eigenvalue weighted by Gasteiger charge is 2.71. The van der Waals surface area contributed by atoms with Crippen LogP contribution in [-0.4, -0.2) is 27.9 Å². The molecule has 1 aromatic rings. The van der Waals surface area contributed by atoms with Crippen LogP contribution in [0.4, 0.5) is 0 Å². The molecule has 0 radical (unpaired) electrons. The molecule has 5 nitrogen and oxygen atoms in total. The van der Waals surface area contributed by atoms with Crippen LogP contribution in [0.1, 0.15) is 75.1 Å². The number of hydrogen-bond donors (Lipinski definition) is 2. The fourth-order valence-corrected chi connectivity index (χ4v) is 5.93. The first-order chi connectivity index (χ1) is 11.6. The zero-order chi connectivity index (χ0) is 18.4. The van der Waals surface area contributed by atoms with Gasteiger partial charge in [0.25, 0.3) is 0 Å². The molecule has 136 valence electrons. The maximum Gasteiger partial charge on any atom is 0.201 e. The molecule has 5 atom stereocenters. The average molecular weight is 346 g/mol. The van der Waals surface area contributed by atoms with Gasteiger partial charge in [0.2, 0.25) is 5.78 Å². The third-order valence-corrected chi connectivity index (χ3v) is 7.37. The number of aliphatic hydroxyl groups is 2. The van der Waals surface area contributed by atoms with Crippen molar-refractivity contribution in [3.63, 3.8) is 0 Å². The fourth-order valence-electron chi connectivity index (χ4n) is 5.93. The molecule has 5 heteroatoms. The first kappa shape index (κ1) is 17.0. The van der Waals surface area contributed by atoms with E-state index in [0.29, 0.717) is 30.4 Å². The van der Waals surface area contributed by atoms with Gasteiger partial charge in [-0.3, -0.25) is 9.59 Å². The largest absolute Gasteiger partial charge is 0.465 e. The van der Waals surface area contributed by atoms with Gasteiger partial charge in [-0.05, 0) is 30.6 Å². The summed E-state index contributed by atoms with van der Waals surface area (Å²) in [5, 5.41) is 22.3. The molecule has 4 rings (SSSR count). The molecule has 0 bridgehead atoms. The maximum absolute atomic E-state index is 13.1. The van der Waals surface area contributed by atoms with Crippen LogP contribution in [0.5, 0.6) is 0 Å². The van der Waals surface area contributed by atoms with Crippen molar-refractivity contribution in [2.24, 2.45) is 17.3 Å². The van der Waals surface area contributed by atoms with Crippen molar-refractivity contribution >= 4 is 11.6 Å². The van der Waals surface area contributed by atoms with Crippen LogP contribution >= 0.6 is 0 Å². The molecule has 0 spiro atoms. The summed E-state index contributed by atoms with van der Waals surface area (Å²) in [4.78, 5) is 25.4. The SMILES string of the molecule is CC(C)[C@@H]1[C@H](O)C(=O)[C@@]2(O)c3occ4c3[C@@](C)(CCC4=O)CC[C@]12C. The van der Waals surface area contributed by atoms with Crippen LogP contribution in [0.25, 0.3) is 0 Å². The molecule has 1 saturated carbocycles. The number of aliphatic hydroxyl groups excluding tert-OH is 1. The van der Waals surface area contributed by atoms with Gasteiger partial charge in [-0.25, -0.2) is 0 Å². The van der Waals surface area contributed by atoms with E-state index in [-0.39, 0.29) is 28.8 Å².